The summed E-state index contributed by atoms with van der Waals surface area (Å²) in [6.45, 7) is 2.06. The standard InChI is InChI=1S/C13H12ClNO4S2/c1-8-4-5-20-12(8)7-15-21(18,19)9-2-3-11(14)10(6-9)13(16)17/h2-6,15H,7H2,1H3,(H,16,17). The third kappa shape index (κ3) is 3.62. The van der Waals surface area contributed by atoms with Crippen LogP contribution < -0.4 is 4.72 Å². The van der Waals surface area contributed by atoms with Gasteiger partial charge in [-0.3, -0.25) is 0 Å². The number of aromatic carboxylic acids is 1. The van der Waals surface area contributed by atoms with Gasteiger partial charge in [0.2, 0.25) is 10.0 Å². The van der Waals surface area contributed by atoms with Crippen LogP contribution in [0, 0.1) is 6.92 Å². The molecular formula is C13H12ClNO4S2. The van der Waals surface area contributed by atoms with Gasteiger partial charge in [-0.05, 0) is 42.1 Å². The van der Waals surface area contributed by atoms with Crippen molar-refractivity contribution in [3.8, 4) is 0 Å². The maximum atomic E-state index is 12.2. The number of benzene rings is 1. The molecule has 1 aromatic heterocycles. The second-order valence-corrected chi connectivity index (χ2v) is 7.47. The first kappa shape index (κ1) is 16.0. The second-order valence-electron chi connectivity index (χ2n) is 4.30. The number of carbonyl (C=O) groups is 1. The fourth-order valence-corrected chi connectivity index (χ4v) is 3.82. The highest BCUT2D eigenvalue weighted by atomic mass is 35.5. The first-order chi connectivity index (χ1) is 9.81. The Hall–Kier alpha value is -1.41. The first-order valence-electron chi connectivity index (χ1n) is 5.87. The number of carboxylic acids is 1. The molecule has 8 heteroatoms. The highest BCUT2D eigenvalue weighted by Crippen LogP contribution is 2.21. The number of hydrogen-bond acceptors (Lipinski definition) is 4. The molecule has 1 aromatic carbocycles. The number of sulfonamides is 1. The number of aryl methyl sites for hydroxylation is 1. The zero-order valence-corrected chi connectivity index (χ0v) is 13.3. The van der Waals surface area contributed by atoms with Gasteiger partial charge >= 0.3 is 5.97 Å². The lowest BCUT2D eigenvalue weighted by molar-refractivity contribution is 0.0697. The van der Waals surface area contributed by atoms with E-state index in [0.717, 1.165) is 16.5 Å². The molecule has 21 heavy (non-hydrogen) atoms. The molecule has 2 rings (SSSR count). The van der Waals surface area contributed by atoms with E-state index in [2.05, 4.69) is 4.72 Å². The quantitative estimate of drug-likeness (QED) is 0.872. The summed E-state index contributed by atoms with van der Waals surface area (Å²) >= 11 is 7.18. The van der Waals surface area contributed by atoms with Gasteiger partial charge in [0.05, 0.1) is 15.5 Å². The molecule has 0 spiro atoms. The SMILES string of the molecule is Cc1ccsc1CNS(=O)(=O)c1ccc(Cl)c(C(=O)O)c1. The smallest absolute Gasteiger partial charge is 0.337 e. The largest absolute Gasteiger partial charge is 0.478 e. The lowest BCUT2D eigenvalue weighted by Gasteiger charge is -2.08. The van der Waals surface area contributed by atoms with Gasteiger partial charge in [-0.15, -0.1) is 11.3 Å². The van der Waals surface area contributed by atoms with E-state index < -0.39 is 16.0 Å². The lowest BCUT2D eigenvalue weighted by Crippen LogP contribution is -2.23. The van der Waals surface area contributed by atoms with Crippen molar-refractivity contribution in [2.24, 2.45) is 0 Å². The fraction of sp³-hybridized carbons (Fsp3) is 0.154. The zero-order chi connectivity index (χ0) is 15.6. The topological polar surface area (TPSA) is 83.5 Å². The molecule has 2 aromatic rings. The minimum absolute atomic E-state index is 0.00412. The van der Waals surface area contributed by atoms with E-state index in [1.807, 2.05) is 18.4 Å². The molecule has 0 amide bonds. The van der Waals surface area contributed by atoms with Crippen molar-refractivity contribution in [3.05, 3.63) is 50.7 Å². The van der Waals surface area contributed by atoms with Gasteiger partial charge in [-0.25, -0.2) is 17.9 Å². The van der Waals surface area contributed by atoms with Gasteiger partial charge in [0.25, 0.3) is 0 Å². The van der Waals surface area contributed by atoms with E-state index in [1.165, 1.54) is 23.5 Å². The summed E-state index contributed by atoms with van der Waals surface area (Å²) in [5, 5.41) is 10.8. The third-order valence-corrected chi connectivity index (χ3v) is 5.62. The summed E-state index contributed by atoms with van der Waals surface area (Å²) in [6.07, 6.45) is 0. The number of carboxylic acid groups (broad SMARTS) is 1. The Morgan fingerprint density at radius 1 is 1.38 bits per heavy atom. The highest BCUT2D eigenvalue weighted by Gasteiger charge is 2.18. The normalized spacial score (nSPS) is 11.5. The van der Waals surface area contributed by atoms with Crippen molar-refractivity contribution in [1.29, 1.82) is 0 Å². The van der Waals surface area contributed by atoms with Gasteiger partial charge in [-0.1, -0.05) is 11.6 Å². The minimum Gasteiger partial charge on any atom is -0.478 e. The van der Waals surface area contributed by atoms with E-state index in [-0.39, 0.29) is 22.0 Å². The molecule has 0 atom stereocenters. The van der Waals surface area contributed by atoms with Crippen LogP contribution in [0.4, 0.5) is 0 Å². The van der Waals surface area contributed by atoms with Crippen LogP contribution >= 0.6 is 22.9 Å². The molecule has 1 heterocycles. The Kier molecular flexibility index (Phi) is 4.67. The van der Waals surface area contributed by atoms with Crippen molar-refractivity contribution < 1.29 is 18.3 Å². The summed E-state index contributed by atoms with van der Waals surface area (Å²) in [4.78, 5) is 11.8. The van der Waals surface area contributed by atoms with E-state index >= 15 is 0 Å². The number of nitrogens with one attached hydrogen (secondary N) is 1. The van der Waals surface area contributed by atoms with Crippen molar-refractivity contribution >= 4 is 38.9 Å². The average molecular weight is 346 g/mol. The number of hydrogen-bond donors (Lipinski definition) is 2. The lowest BCUT2D eigenvalue weighted by atomic mass is 10.2. The van der Waals surface area contributed by atoms with Crippen LogP contribution in [0.5, 0.6) is 0 Å². The van der Waals surface area contributed by atoms with E-state index in [9.17, 15) is 13.2 Å². The molecule has 0 aliphatic heterocycles. The molecule has 0 aliphatic rings. The number of thiophene rings is 1. The summed E-state index contributed by atoms with van der Waals surface area (Å²) in [6, 6.07) is 5.49. The van der Waals surface area contributed by atoms with Crippen LogP contribution in [0.15, 0.2) is 34.5 Å². The Balaban J connectivity index is 2.26. The summed E-state index contributed by atoms with van der Waals surface area (Å²) < 4.78 is 26.8. The minimum atomic E-state index is -3.79. The van der Waals surface area contributed by atoms with Gasteiger partial charge in [0.1, 0.15) is 0 Å². The number of halogens is 1. The monoisotopic (exact) mass is 345 g/mol. The molecule has 0 fully saturated rings. The van der Waals surface area contributed by atoms with Gasteiger partial charge in [0.15, 0.2) is 0 Å². The maximum Gasteiger partial charge on any atom is 0.337 e. The highest BCUT2D eigenvalue weighted by molar-refractivity contribution is 7.89. The first-order valence-corrected chi connectivity index (χ1v) is 8.61. The molecule has 0 aliphatic carbocycles. The molecule has 0 bridgehead atoms. The third-order valence-electron chi connectivity index (χ3n) is 2.87. The summed E-state index contributed by atoms with van der Waals surface area (Å²) in [5.41, 5.74) is 0.761. The molecule has 0 unspecified atom stereocenters. The zero-order valence-electron chi connectivity index (χ0n) is 11.0. The van der Waals surface area contributed by atoms with E-state index in [4.69, 9.17) is 16.7 Å². The molecule has 112 valence electrons. The Labute approximate surface area is 131 Å². The molecule has 0 saturated carbocycles. The average Bonchev–Trinajstić information content (AvgIpc) is 2.82. The van der Waals surface area contributed by atoms with Crippen LogP contribution in [0.1, 0.15) is 20.8 Å². The van der Waals surface area contributed by atoms with Crippen molar-refractivity contribution in [2.45, 2.75) is 18.4 Å². The molecule has 5 nitrogen and oxygen atoms in total. The molecule has 2 N–H and O–H groups in total. The Morgan fingerprint density at radius 3 is 2.67 bits per heavy atom. The number of rotatable bonds is 5. The Morgan fingerprint density at radius 2 is 2.10 bits per heavy atom. The van der Waals surface area contributed by atoms with Crippen LogP contribution in [0.25, 0.3) is 0 Å². The van der Waals surface area contributed by atoms with E-state index in [0.29, 0.717) is 0 Å². The van der Waals surface area contributed by atoms with Gasteiger partial charge in [0, 0.05) is 11.4 Å². The van der Waals surface area contributed by atoms with Gasteiger partial charge < -0.3 is 5.11 Å². The van der Waals surface area contributed by atoms with Crippen LogP contribution in [-0.2, 0) is 16.6 Å². The fourth-order valence-electron chi connectivity index (χ4n) is 1.66. The van der Waals surface area contributed by atoms with Gasteiger partial charge in [-0.2, -0.15) is 0 Å². The van der Waals surface area contributed by atoms with Crippen LogP contribution in [0.2, 0.25) is 5.02 Å². The maximum absolute atomic E-state index is 12.2. The van der Waals surface area contributed by atoms with Crippen LogP contribution in [0.3, 0.4) is 0 Å². The van der Waals surface area contributed by atoms with E-state index in [1.54, 1.807) is 0 Å². The molecule has 0 radical (unpaired) electrons. The second kappa shape index (κ2) is 6.15. The molecule has 0 saturated heterocycles. The van der Waals surface area contributed by atoms with Crippen LogP contribution in [-0.4, -0.2) is 19.5 Å². The predicted octanol–water partition coefficient (Wildman–Crippen LogP) is 2.89. The van der Waals surface area contributed by atoms with Crippen molar-refractivity contribution in [3.63, 3.8) is 0 Å². The summed E-state index contributed by atoms with van der Waals surface area (Å²) in [7, 11) is -3.79. The summed E-state index contributed by atoms with van der Waals surface area (Å²) in [5.74, 6) is -1.27. The molecular weight excluding hydrogens is 334 g/mol. The predicted molar refractivity (Wildman–Crippen MR) is 81.5 cm³/mol. The van der Waals surface area contributed by atoms with Crippen molar-refractivity contribution in [2.75, 3.05) is 0 Å². The Bertz CT molecular complexity index is 783. The van der Waals surface area contributed by atoms with Crippen molar-refractivity contribution in [1.82, 2.24) is 4.72 Å².